The van der Waals surface area contributed by atoms with Gasteiger partial charge in [0.25, 0.3) is 0 Å². The second-order valence-corrected chi connectivity index (χ2v) is 6.57. The first-order chi connectivity index (χ1) is 6.65. The maximum Gasteiger partial charge on any atom is 0.0598 e. The Morgan fingerprint density at radius 1 is 1.43 bits per heavy atom. The molecule has 0 nitrogen and oxygen atoms in total. The monoisotopic (exact) mass is 268 g/mol. The van der Waals surface area contributed by atoms with Gasteiger partial charge in [-0.3, -0.25) is 0 Å². The quantitative estimate of drug-likeness (QED) is 0.522. The van der Waals surface area contributed by atoms with Crippen molar-refractivity contribution in [2.75, 3.05) is 0 Å². The summed E-state index contributed by atoms with van der Waals surface area (Å²) < 4.78 is 0.186. The molecule has 1 aromatic rings. The van der Waals surface area contributed by atoms with E-state index in [0.29, 0.717) is 11.8 Å². The number of hydrogen-bond acceptors (Lipinski definition) is 1. The van der Waals surface area contributed by atoms with Crippen LogP contribution >= 0.6 is 27.3 Å². The molecule has 0 spiro atoms. The lowest BCUT2D eigenvalue weighted by atomic mass is 9.89. The molecule has 2 heteroatoms. The van der Waals surface area contributed by atoms with Gasteiger partial charge in [0.1, 0.15) is 0 Å². The van der Waals surface area contributed by atoms with Crippen LogP contribution in [0, 0.1) is 0 Å². The Morgan fingerprint density at radius 3 is 2.36 bits per heavy atom. The molecule has 74 valence electrons. The molecule has 3 rings (SSSR count). The summed E-state index contributed by atoms with van der Waals surface area (Å²) in [4.78, 5) is 0. The largest absolute Gasteiger partial charge is 0.152 e. The number of halogens is 1. The number of allylic oxidation sites excluding steroid dienone is 1. The van der Waals surface area contributed by atoms with Crippen molar-refractivity contribution in [1.82, 2.24) is 0 Å². The van der Waals surface area contributed by atoms with E-state index in [2.05, 4.69) is 40.2 Å². The van der Waals surface area contributed by atoms with E-state index in [1.54, 1.807) is 11.1 Å². The van der Waals surface area contributed by atoms with Gasteiger partial charge in [0.2, 0.25) is 0 Å². The van der Waals surface area contributed by atoms with Crippen molar-refractivity contribution in [3.05, 3.63) is 34.0 Å². The van der Waals surface area contributed by atoms with E-state index in [9.17, 15) is 0 Å². The number of fused-ring (bicyclic) bond motifs is 5. The minimum Gasteiger partial charge on any atom is -0.152 e. The third-order valence-corrected chi connectivity index (χ3v) is 6.45. The van der Waals surface area contributed by atoms with Crippen molar-refractivity contribution in [2.24, 2.45) is 0 Å². The van der Waals surface area contributed by atoms with Gasteiger partial charge in [-0.1, -0.05) is 28.1 Å². The summed E-state index contributed by atoms with van der Waals surface area (Å²) in [5.74, 6) is 1.37. The normalized spacial score (nSPS) is 38.7. The highest BCUT2D eigenvalue weighted by atomic mass is 79.9. The molecule has 1 saturated carbocycles. The second kappa shape index (κ2) is 2.73. The van der Waals surface area contributed by atoms with Crippen LogP contribution in [0.15, 0.2) is 22.9 Å². The number of thiophene rings is 1. The smallest absolute Gasteiger partial charge is 0.0598 e. The van der Waals surface area contributed by atoms with Crippen LogP contribution in [0.25, 0.3) is 0 Å². The molecular formula is C12H13BrS. The van der Waals surface area contributed by atoms with Crippen LogP contribution in [-0.4, -0.2) is 4.32 Å². The van der Waals surface area contributed by atoms with Gasteiger partial charge in [-0.15, -0.1) is 0 Å². The van der Waals surface area contributed by atoms with Crippen LogP contribution in [0.1, 0.15) is 42.7 Å². The van der Waals surface area contributed by atoms with Crippen molar-refractivity contribution in [3.8, 4) is 0 Å². The van der Waals surface area contributed by atoms with Gasteiger partial charge in [0.15, 0.2) is 0 Å². The number of rotatable bonds is 1. The van der Waals surface area contributed by atoms with Crippen LogP contribution in [0.3, 0.4) is 0 Å². The molecule has 2 aliphatic rings. The summed E-state index contributed by atoms with van der Waals surface area (Å²) in [7, 11) is 0. The molecule has 0 aromatic carbocycles. The fourth-order valence-corrected chi connectivity index (χ4v) is 5.15. The molecule has 2 unspecified atom stereocenters. The molecule has 2 atom stereocenters. The highest BCUT2D eigenvalue weighted by molar-refractivity contribution is 9.10. The van der Waals surface area contributed by atoms with Gasteiger partial charge < -0.3 is 0 Å². The van der Waals surface area contributed by atoms with Gasteiger partial charge in [0, 0.05) is 11.8 Å². The molecule has 1 aromatic heterocycles. The summed E-state index contributed by atoms with van der Waals surface area (Å²) in [6.07, 6.45) is 2.65. The summed E-state index contributed by atoms with van der Waals surface area (Å²) in [6.45, 7) is 6.33. The van der Waals surface area contributed by atoms with E-state index in [4.69, 9.17) is 0 Å². The van der Waals surface area contributed by atoms with Crippen LogP contribution in [0.2, 0.25) is 0 Å². The molecule has 0 amide bonds. The third kappa shape index (κ3) is 0.849. The minimum absolute atomic E-state index is 0.186. The molecule has 2 bridgehead atoms. The molecule has 0 N–H and O–H groups in total. The van der Waals surface area contributed by atoms with Crippen LogP contribution in [-0.2, 0) is 0 Å². The van der Waals surface area contributed by atoms with Gasteiger partial charge in [-0.25, -0.2) is 0 Å². The molecule has 1 fully saturated rings. The molecular weight excluding hydrogens is 256 g/mol. The van der Waals surface area contributed by atoms with E-state index in [1.807, 2.05) is 11.3 Å². The van der Waals surface area contributed by atoms with E-state index >= 15 is 0 Å². The Bertz CT molecular complexity index is 378. The Kier molecular flexibility index (Phi) is 1.79. The maximum absolute atomic E-state index is 4.17. The third-order valence-electron chi connectivity index (χ3n) is 3.89. The molecule has 14 heavy (non-hydrogen) atoms. The Balaban J connectivity index is 2.19. The summed E-state index contributed by atoms with van der Waals surface area (Å²) in [6, 6.07) is 0. The lowest BCUT2D eigenvalue weighted by Gasteiger charge is -2.28. The van der Waals surface area contributed by atoms with Gasteiger partial charge in [-0.05, 0) is 41.7 Å². The lowest BCUT2D eigenvalue weighted by Crippen LogP contribution is -2.25. The standard InChI is InChI=1S/C12H13BrS/c1-7(2)12(13)10-3-4-11(12)9-6-14-5-8(9)10/h5-6,10-11H,1,3-4H2,2H3. The van der Waals surface area contributed by atoms with Crippen LogP contribution in [0.5, 0.6) is 0 Å². The first-order valence-corrected chi connectivity index (χ1v) is 6.80. The predicted octanol–water partition coefficient (Wildman–Crippen LogP) is 4.43. The van der Waals surface area contributed by atoms with E-state index < -0.39 is 0 Å². The molecule has 0 saturated heterocycles. The van der Waals surface area contributed by atoms with Crippen LogP contribution in [0.4, 0.5) is 0 Å². The summed E-state index contributed by atoms with van der Waals surface area (Å²) in [5.41, 5.74) is 4.48. The van der Waals surface area contributed by atoms with E-state index in [1.165, 1.54) is 18.4 Å². The van der Waals surface area contributed by atoms with Crippen molar-refractivity contribution < 1.29 is 0 Å². The Labute approximate surface area is 97.2 Å². The molecule has 0 radical (unpaired) electrons. The topological polar surface area (TPSA) is 0 Å². The fourth-order valence-electron chi connectivity index (χ4n) is 3.24. The average Bonchev–Trinajstić information content (AvgIpc) is 2.75. The Hall–Kier alpha value is -0.0800. The summed E-state index contributed by atoms with van der Waals surface area (Å²) in [5, 5.41) is 4.66. The van der Waals surface area contributed by atoms with Crippen molar-refractivity contribution in [3.63, 3.8) is 0 Å². The van der Waals surface area contributed by atoms with Crippen molar-refractivity contribution in [2.45, 2.75) is 35.9 Å². The van der Waals surface area contributed by atoms with Gasteiger partial charge in [-0.2, -0.15) is 11.3 Å². The summed E-state index contributed by atoms with van der Waals surface area (Å²) >= 11 is 5.82. The molecule has 1 heterocycles. The van der Waals surface area contributed by atoms with Gasteiger partial charge >= 0.3 is 0 Å². The maximum atomic E-state index is 4.17. The highest BCUT2D eigenvalue weighted by Gasteiger charge is 2.56. The molecule has 2 aliphatic carbocycles. The minimum atomic E-state index is 0.186. The zero-order valence-electron chi connectivity index (χ0n) is 8.22. The van der Waals surface area contributed by atoms with Crippen LogP contribution < -0.4 is 0 Å². The zero-order chi connectivity index (χ0) is 9.92. The fraction of sp³-hybridized carbons (Fsp3) is 0.500. The Morgan fingerprint density at radius 2 is 1.93 bits per heavy atom. The SMILES string of the molecule is C=C(C)C1(Br)C2CCC1c1cscc12. The lowest BCUT2D eigenvalue weighted by molar-refractivity contribution is 0.630. The molecule has 0 aliphatic heterocycles. The van der Waals surface area contributed by atoms with Crippen molar-refractivity contribution in [1.29, 1.82) is 0 Å². The van der Waals surface area contributed by atoms with E-state index in [-0.39, 0.29) is 4.32 Å². The van der Waals surface area contributed by atoms with E-state index in [0.717, 1.165) is 0 Å². The first kappa shape index (κ1) is 9.17. The average molecular weight is 269 g/mol. The predicted molar refractivity (Wildman–Crippen MR) is 65.5 cm³/mol. The zero-order valence-corrected chi connectivity index (χ0v) is 10.6. The van der Waals surface area contributed by atoms with Gasteiger partial charge in [0.05, 0.1) is 4.32 Å². The van der Waals surface area contributed by atoms with Crippen molar-refractivity contribution >= 4 is 27.3 Å². The second-order valence-electron chi connectivity index (χ2n) is 4.51. The number of hydrogen-bond donors (Lipinski definition) is 0. The number of alkyl halides is 1. The first-order valence-electron chi connectivity index (χ1n) is 5.06. The highest BCUT2D eigenvalue weighted by Crippen LogP contribution is 2.66.